The zero-order chi connectivity index (χ0) is 17.3. The lowest BCUT2D eigenvalue weighted by Crippen LogP contribution is -2.38. The summed E-state index contributed by atoms with van der Waals surface area (Å²) in [6.45, 7) is 5.23. The molecule has 1 aromatic carbocycles. The van der Waals surface area contributed by atoms with Crippen LogP contribution in [0.5, 0.6) is 0 Å². The van der Waals surface area contributed by atoms with Gasteiger partial charge in [0.25, 0.3) is 0 Å². The van der Waals surface area contributed by atoms with Crippen LogP contribution in [0.4, 0.5) is 10.5 Å². The summed E-state index contributed by atoms with van der Waals surface area (Å²) in [5.41, 5.74) is 3.05. The van der Waals surface area contributed by atoms with Gasteiger partial charge in [-0.15, -0.1) is 0 Å². The van der Waals surface area contributed by atoms with Crippen LogP contribution >= 0.6 is 0 Å². The molecule has 0 bridgehead atoms. The highest BCUT2D eigenvalue weighted by Gasteiger charge is 2.52. The number of hydrogen-bond acceptors (Lipinski definition) is 2. The molecule has 3 rings (SSSR count). The fourth-order valence-electron chi connectivity index (χ4n) is 4.39. The van der Waals surface area contributed by atoms with E-state index in [0.717, 1.165) is 36.9 Å². The van der Waals surface area contributed by atoms with Crippen molar-refractivity contribution in [2.24, 2.45) is 11.3 Å². The van der Waals surface area contributed by atoms with Gasteiger partial charge in [-0.05, 0) is 38.3 Å². The van der Waals surface area contributed by atoms with Crippen LogP contribution in [0, 0.1) is 25.2 Å². The van der Waals surface area contributed by atoms with Gasteiger partial charge < -0.3 is 15.5 Å². The highest BCUT2D eigenvalue weighted by molar-refractivity contribution is 5.91. The van der Waals surface area contributed by atoms with Gasteiger partial charge in [-0.3, -0.25) is 4.79 Å². The predicted molar refractivity (Wildman–Crippen MR) is 95.0 cm³/mol. The minimum absolute atomic E-state index is 0.0280. The van der Waals surface area contributed by atoms with Crippen molar-refractivity contribution in [2.75, 3.05) is 25.5 Å². The van der Waals surface area contributed by atoms with Crippen LogP contribution in [0.1, 0.15) is 36.8 Å². The van der Waals surface area contributed by atoms with Crippen LogP contribution < -0.4 is 10.6 Å². The number of carbonyl (C=O) groups is 2. The molecule has 1 heterocycles. The van der Waals surface area contributed by atoms with Crippen molar-refractivity contribution in [3.05, 3.63) is 29.3 Å². The Morgan fingerprint density at radius 2 is 1.92 bits per heavy atom. The fourth-order valence-corrected chi connectivity index (χ4v) is 4.39. The highest BCUT2D eigenvalue weighted by atomic mass is 16.2. The molecule has 2 aliphatic rings. The number of amides is 3. The molecular formula is C19H27N3O2. The average Bonchev–Trinajstić information content (AvgIpc) is 3.17. The molecule has 1 atom stereocenters. The summed E-state index contributed by atoms with van der Waals surface area (Å²) in [6.07, 6.45) is 4.39. The Labute approximate surface area is 143 Å². The Balaban J connectivity index is 1.75. The van der Waals surface area contributed by atoms with Gasteiger partial charge in [0.1, 0.15) is 0 Å². The third-order valence-corrected chi connectivity index (χ3v) is 5.72. The van der Waals surface area contributed by atoms with E-state index in [0.29, 0.717) is 13.1 Å². The molecule has 0 radical (unpaired) electrons. The Hall–Kier alpha value is -2.04. The van der Waals surface area contributed by atoms with Crippen LogP contribution in [0.15, 0.2) is 18.2 Å². The van der Waals surface area contributed by atoms with E-state index >= 15 is 0 Å². The van der Waals surface area contributed by atoms with Crippen molar-refractivity contribution in [2.45, 2.75) is 39.5 Å². The number of likely N-dealkylation sites (tertiary alicyclic amines) is 1. The first kappa shape index (κ1) is 16.8. The minimum atomic E-state index is -0.0976. The van der Waals surface area contributed by atoms with E-state index in [1.54, 1.807) is 7.05 Å². The molecule has 2 N–H and O–H groups in total. The molecule has 0 unspecified atom stereocenters. The number of carbonyl (C=O) groups excluding carboxylic acids is 2. The lowest BCUT2D eigenvalue weighted by atomic mass is 9.76. The number of nitrogens with one attached hydrogen (secondary N) is 2. The quantitative estimate of drug-likeness (QED) is 0.876. The van der Waals surface area contributed by atoms with Crippen LogP contribution in [0.2, 0.25) is 0 Å². The molecule has 24 heavy (non-hydrogen) atoms. The van der Waals surface area contributed by atoms with E-state index in [1.165, 1.54) is 5.56 Å². The first-order valence-electron chi connectivity index (χ1n) is 8.80. The van der Waals surface area contributed by atoms with Gasteiger partial charge in [-0.1, -0.05) is 30.5 Å². The van der Waals surface area contributed by atoms with Gasteiger partial charge in [-0.25, -0.2) is 4.79 Å². The molecule has 0 aromatic heterocycles. The predicted octanol–water partition coefficient (Wildman–Crippen LogP) is 3.07. The number of hydrogen-bond donors (Lipinski definition) is 2. The van der Waals surface area contributed by atoms with Crippen LogP contribution in [0.3, 0.4) is 0 Å². The summed E-state index contributed by atoms with van der Waals surface area (Å²) in [4.78, 5) is 26.9. The Bertz CT molecular complexity index is 650. The third-order valence-electron chi connectivity index (χ3n) is 5.72. The highest BCUT2D eigenvalue weighted by Crippen LogP contribution is 2.49. The molecule has 1 saturated carbocycles. The monoisotopic (exact) mass is 329 g/mol. The molecule has 1 aliphatic heterocycles. The molecule has 3 amide bonds. The molecular weight excluding hydrogens is 302 g/mol. The SMILES string of the molecule is CNC(=O)[C@@H]1CN(C(=O)Nc2ccc(C)cc2C)CC12CCCC2. The summed E-state index contributed by atoms with van der Waals surface area (Å²) in [5.74, 6) is -0.0198. The average molecular weight is 329 g/mol. The Morgan fingerprint density at radius 1 is 1.21 bits per heavy atom. The van der Waals surface area contributed by atoms with E-state index in [4.69, 9.17) is 0 Å². The Morgan fingerprint density at radius 3 is 2.54 bits per heavy atom. The molecule has 2 fully saturated rings. The van der Waals surface area contributed by atoms with E-state index in [9.17, 15) is 9.59 Å². The summed E-state index contributed by atoms with van der Waals surface area (Å²) >= 11 is 0. The second-order valence-corrected chi connectivity index (χ2v) is 7.37. The number of aryl methyl sites for hydroxylation is 2. The molecule has 1 aromatic rings. The molecule has 130 valence electrons. The maximum atomic E-state index is 12.7. The zero-order valence-corrected chi connectivity index (χ0v) is 14.8. The van der Waals surface area contributed by atoms with Gasteiger partial charge in [0, 0.05) is 31.2 Å². The molecule has 5 nitrogen and oxygen atoms in total. The van der Waals surface area contributed by atoms with Crippen LogP contribution in [-0.4, -0.2) is 37.0 Å². The van der Waals surface area contributed by atoms with Crippen LogP contribution in [-0.2, 0) is 4.79 Å². The number of rotatable bonds is 2. The van der Waals surface area contributed by atoms with Crippen LogP contribution in [0.25, 0.3) is 0 Å². The van der Waals surface area contributed by atoms with Gasteiger partial charge in [0.15, 0.2) is 0 Å². The number of anilines is 1. The maximum Gasteiger partial charge on any atom is 0.321 e. The number of urea groups is 1. The van der Waals surface area contributed by atoms with Crippen molar-refractivity contribution < 1.29 is 9.59 Å². The standard InChI is InChI=1S/C19H27N3O2/c1-13-6-7-16(14(2)10-13)21-18(24)22-11-15(17(23)20-3)19(12-22)8-4-5-9-19/h6-7,10,15H,4-5,8-9,11-12H2,1-3H3,(H,20,23)(H,21,24)/t15-/m0/s1. The second-order valence-electron chi connectivity index (χ2n) is 7.37. The van der Waals surface area contributed by atoms with Gasteiger partial charge >= 0.3 is 6.03 Å². The largest absolute Gasteiger partial charge is 0.359 e. The normalized spacial score (nSPS) is 22.0. The Kier molecular flexibility index (Phi) is 4.52. The summed E-state index contributed by atoms with van der Waals surface area (Å²) in [6, 6.07) is 5.91. The van der Waals surface area contributed by atoms with Crippen molar-refractivity contribution in [3.63, 3.8) is 0 Å². The molecule has 1 aliphatic carbocycles. The summed E-state index contributed by atoms with van der Waals surface area (Å²) in [7, 11) is 1.68. The van der Waals surface area contributed by atoms with E-state index in [1.807, 2.05) is 30.9 Å². The van der Waals surface area contributed by atoms with E-state index in [2.05, 4.69) is 16.7 Å². The van der Waals surface area contributed by atoms with Crippen molar-refractivity contribution in [1.29, 1.82) is 0 Å². The zero-order valence-electron chi connectivity index (χ0n) is 14.8. The third kappa shape index (κ3) is 2.99. The van der Waals surface area contributed by atoms with E-state index in [-0.39, 0.29) is 23.3 Å². The lowest BCUT2D eigenvalue weighted by molar-refractivity contribution is -0.127. The second kappa shape index (κ2) is 6.46. The fraction of sp³-hybridized carbons (Fsp3) is 0.579. The smallest absolute Gasteiger partial charge is 0.321 e. The minimum Gasteiger partial charge on any atom is -0.359 e. The van der Waals surface area contributed by atoms with Crippen molar-refractivity contribution in [1.82, 2.24) is 10.2 Å². The maximum absolute atomic E-state index is 12.7. The number of nitrogens with zero attached hydrogens (tertiary/aromatic N) is 1. The van der Waals surface area contributed by atoms with Gasteiger partial charge in [0.2, 0.25) is 5.91 Å². The first-order valence-corrected chi connectivity index (χ1v) is 8.80. The van der Waals surface area contributed by atoms with Gasteiger partial charge in [-0.2, -0.15) is 0 Å². The van der Waals surface area contributed by atoms with Crippen molar-refractivity contribution in [3.8, 4) is 0 Å². The first-order chi connectivity index (χ1) is 11.4. The van der Waals surface area contributed by atoms with E-state index < -0.39 is 0 Å². The molecule has 1 spiro atoms. The molecule has 1 saturated heterocycles. The molecule has 5 heteroatoms. The lowest BCUT2D eigenvalue weighted by Gasteiger charge is -2.28. The summed E-state index contributed by atoms with van der Waals surface area (Å²) < 4.78 is 0. The number of benzene rings is 1. The van der Waals surface area contributed by atoms with Gasteiger partial charge in [0.05, 0.1) is 5.92 Å². The topological polar surface area (TPSA) is 61.4 Å². The summed E-state index contributed by atoms with van der Waals surface area (Å²) in [5, 5.41) is 5.80. The van der Waals surface area contributed by atoms with Crippen molar-refractivity contribution >= 4 is 17.6 Å².